The molecule has 1 fully saturated rings. The van der Waals surface area contributed by atoms with Crippen LogP contribution in [0.4, 0.5) is 17.5 Å². The second-order valence-electron chi connectivity index (χ2n) is 6.85. The Labute approximate surface area is 165 Å². The molecule has 3 heterocycles. The van der Waals surface area contributed by atoms with Crippen molar-refractivity contribution in [1.29, 1.82) is 0 Å². The first kappa shape index (κ1) is 20.3. The molecule has 0 saturated carbocycles. The Balaban J connectivity index is 2.14. The zero-order chi connectivity index (χ0) is 20.3. The van der Waals surface area contributed by atoms with Gasteiger partial charge in [0.15, 0.2) is 11.6 Å². The van der Waals surface area contributed by atoms with Gasteiger partial charge in [-0.25, -0.2) is 14.2 Å². The zero-order valence-corrected chi connectivity index (χ0v) is 17.4. The van der Waals surface area contributed by atoms with E-state index in [1.807, 2.05) is 6.92 Å². The number of nitrogens with zero attached hydrogens (tertiary/aromatic N) is 5. The fourth-order valence-electron chi connectivity index (χ4n) is 2.91. The smallest absolute Gasteiger partial charge is 0.215 e. The Hall–Kier alpha value is -2.46. The Bertz CT molecular complexity index is 966. The van der Waals surface area contributed by atoms with E-state index in [1.54, 1.807) is 30.7 Å². The van der Waals surface area contributed by atoms with Crippen molar-refractivity contribution >= 4 is 27.2 Å². The molecule has 0 aliphatic carbocycles. The van der Waals surface area contributed by atoms with E-state index >= 15 is 0 Å². The van der Waals surface area contributed by atoms with Gasteiger partial charge < -0.3 is 20.1 Å². The molecule has 0 radical (unpaired) electrons. The van der Waals surface area contributed by atoms with Gasteiger partial charge in [0.1, 0.15) is 11.6 Å². The van der Waals surface area contributed by atoms with Crippen LogP contribution in [0.1, 0.15) is 13.8 Å². The molecule has 0 bridgehead atoms. The summed E-state index contributed by atoms with van der Waals surface area (Å²) in [6.07, 6.45) is 3.15. The average Bonchev–Trinajstić information content (AvgIpc) is 2.60. The van der Waals surface area contributed by atoms with Crippen molar-refractivity contribution in [3.63, 3.8) is 0 Å². The van der Waals surface area contributed by atoms with E-state index in [2.05, 4.69) is 26.2 Å². The number of anilines is 2. The Morgan fingerprint density at radius 3 is 2.79 bits per heavy atom. The van der Waals surface area contributed by atoms with E-state index in [0.717, 1.165) is 0 Å². The Morgan fingerprint density at radius 2 is 2.11 bits per heavy atom. The molecule has 2 aromatic heterocycles. The topological polar surface area (TPSA) is 116 Å². The number of hydrogen-bond acceptors (Lipinski definition) is 9. The molecule has 1 aliphatic rings. The molecule has 9 nitrogen and oxygen atoms in total. The van der Waals surface area contributed by atoms with E-state index in [1.165, 1.54) is 0 Å². The maximum atomic E-state index is 12.2. The third-order valence-corrected chi connectivity index (χ3v) is 4.67. The quantitative estimate of drug-likeness (QED) is 0.802. The van der Waals surface area contributed by atoms with Gasteiger partial charge in [-0.3, -0.25) is 0 Å². The van der Waals surface area contributed by atoms with Gasteiger partial charge in [-0.05, 0) is 19.9 Å². The van der Waals surface area contributed by atoms with Crippen molar-refractivity contribution < 1.29 is 13.7 Å². The highest BCUT2D eigenvalue weighted by Gasteiger charge is 2.22. The van der Waals surface area contributed by atoms with Crippen LogP contribution in [-0.4, -0.2) is 64.1 Å². The normalized spacial score (nSPS) is 17.4. The third kappa shape index (κ3) is 5.08. The van der Waals surface area contributed by atoms with Crippen LogP contribution < -0.4 is 15.4 Å². The number of aromatic nitrogens is 3. The summed E-state index contributed by atoms with van der Waals surface area (Å²) in [7, 11) is -2.38. The van der Waals surface area contributed by atoms with Crippen LogP contribution in [0.5, 0.6) is 5.88 Å². The fourth-order valence-corrected chi connectivity index (χ4v) is 3.46. The van der Waals surface area contributed by atoms with Gasteiger partial charge in [-0.2, -0.15) is 9.35 Å². The summed E-state index contributed by atoms with van der Waals surface area (Å²) in [6, 6.07) is 5.33. The number of rotatable bonds is 5. The van der Waals surface area contributed by atoms with Gasteiger partial charge in [0.25, 0.3) is 0 Å². The van der Waals surface area contributed by atoms with E-state index in [4.69, 9.17) is 20.2 Å². The maximum Gasteiger partial charge on any atom is 0.215 e. The van der Waals surface area contributed by atoms with Crippen LogP contribution in [0.15, 0.2) is 22.6 Å². The standard InChI is InChI=1S/C18H26N6O3S/c1-5-27-17-9-13(8-14(19)20-17)18-21-15(23-28(3,4)25)10-16(22-18)24-6-7-26-11-12(24)2/h8-10,12H,5-7,11H2,1-4H3,(H2,19,20)/t12-/m1/s1. The van der Waals surface area contributed by atoms with Crippen molar-refractivity contribution in [2.75, 3.05) is 49.5 Å². The molecular weight excluding hydrogens is 380 g/mol. The lowest BCUT2D eigenvalue weighted by Crippen LogP contribution is -2.44. The predicted molar refractivity (Wildman–Crippen MR) is 111 cm³/mol. The van der Waals surface area contributed by atoms with Gasteiger partial charge in [-0.15, -0.1) is 0 Å². The number of hydrogen-bond donors (Lipinski definition) is 1. The first-order valence-electron chi connectivity index (χ1n) is 9.06. The fraction of sp³-hybridized carbons (Fsp3) is 0.500. The summed E-state index contributed by atoms with van der Waals surface area (Å²) in [5, 5.41) is 0. The maximum absolute atomic E-state index is 12.2. The molecule has 28 heavy (non-hydrogen) atoms. The SMILES string of the molecule is CCOc1cc(-c2nc(N=S(C)(C)=O)cc(N3CCOC[C@H]3C)n2)cc(N)n1. The predicted octanol–water partition coefficient (Wildman–Crippen LogP) is 2.10. The minimum absolute atomic E-state index is 0.151. The average molecular weight is 407 g/mol. The van der Waals surface area contributed by atoms with Gasteiger partial charge >= 0.3 is 0 Å². The van der Waals surface area contributed by atoms with Gasteiger partial charge in [0, 0.05) is 46.5 Å². The number of nitrogen functional groups attached to an aromatic ring is 1. The van der Waals surface area contributed by atoms with Crippen LogP contribution >= 0.6 is 0 Å². The lowest BCUT2D eigenvalue weighted by molar-refractivity contribution is 0.0985. The van der Waals surface area contributed by atoms with Crippen molar-refractivity contribution in [1.82, 2.24) is 15.0 Å². The molecule has 2 N–H and O–H groups in total. The molecule has 1 atom stereocenters. The highest BCUT2D eigenvalue weighted by Crippen LogP contribution is 2.29. The minimum Gasteiger partial charge on any atom is -0.478 e. The van der Waals surface area contributed by atoms with Crippen LogP contribution in [0.2, 0.25) is 0 Å². The van der Waals surface area contributed by atoms with Crippen molar-refractivity contribution in [2.45, 2.75) is 19.9 Å². The lowest BCUT2D eigenvalue weighted by Gasteiger charge is -2.34. The summed E-state index contributed by atoms with van der Waals surface area (Å²) in [5.74, 6) is 2.20. The molecule has 10 heteroatoms. The molecule has 152 valence electrons. The molecule has 0 unspecified atom stereocenters. The number of morpholine rings is 1. The van der Waals surface area contributed by atoms with E-state index in [-0.39, 0.29) is 6.04 Å². The molecule has 3 rings (SSSR count). The molecule has 0 aromatic carbocycles. The monoisotopic (exact) mass is 406 g/mol. The van der Waals surface area contributed by atoms with Crippen LogP contribution in [0, 0.1) is 0 Å². The van der Waals surface area contributed by atoms with Crippen LogP contribution in [0.3, 0.4) is 0 Å². The number of nitrogens with two attached hydrogens (primary N) is 1. The first-order valence-corrected chi connectivity index (χ1v) is 11.4. The largest absolute Gasteiger partial charge is 0.478 e. The summed E-state index contributed by atoms with van der Waals surface area (Å²) >= 11 is 0. The van der Waals surface area contributed by atoms with E-state index in [9.17, 15) is 4.21 Å². The molecule has 1 aliphatic heterocycles. The van der Waals surface area contributed by atoms with Gasteiger partial charge in [0.2, 0.25) is 5.88 Å². The molecular formula is C18H26N6O3S. The lowest BCUT2D eigenvalue weighted by atomic mass is 10.2. The second kappa shape index (κ2) is 8.27. The highest BCUT2D eigenvalue weighted by molar-refractivity contribution is 7.92. The number of pyridine rings is 1. The van der Waals surface area contributed by atoms with Crippen LogP contribution in [0.25, 0.3) is 11.4 Å². The Morgan fingerprint density at radius 1 is 1.32 bits per heavy atom. The molecule has 0 amide bonds. The number of ether oxygens (including phenoxy) is 2. The second-order valence-corrected chi connectivity index (χ2v) is 9.39. The van der Waals surface area contributed by atoms with E-state index in [0.29, 0.717) is 61.1 Å². The van der Waals surface area contributed by atoms with E-state index < -0.39 is 9.73 Å². The summed E-state index contributed by atoms with van der Waals surface area (Å²) < 4.78 is 27.5. The summed E-state index contributed by atoms with van der Waals surface area (Å²) in [6.45, 7) is 6.34. The zero-order valence-electron chi connectivity index (χ0n) is 16.6. The summed E-state index contributed by atoms with van der Waals surface area (Å²) in [5.41, 5.74) is 6.59. The highest BCUT2D eigenvalue weighted by atomic mass is 32.2. The molecule has 1 saturated heterocycles. The third-order valence-electron chi connectivity index (χ3n) is 4.05. The summed E-state index contributed by atoms with van der Waals surface area (Å²) in [4.78, 5) is 15.5. The molecule has 2 aromatic rings. The molecule has 0 spiro atoms. The van der Waals surface area contributed by atoms with Crippen molar-refractivity contribution in [3.05, 3.63) is 18.2 Å². The van der Waals surface area contributed by atoms with Crippen molar-refractivity contribution in [3.8, 4) is 17.3 Å². The van der Waals surface area contributed by atoms with Gasteiger partial charge in [-0.1, -0.05) is 0 Å². The van der Waals surface area contributed by atoms with Crippen LogP contribution in [-0.2, 0) is 14.5 Å². The first-order chi connectivity index (χ1) is 13.2. The Kier molecular flexibility index (Phi) is 5.99. The minimum atomic E-state index is -2.38. The van der Waals surface area contributed by atoms with Gasteiger partial charge in [0.05, 0.1) is 25.9 Å². The van der Waals surface area contributed by atoms with Crippen molar-refractivity contribution in [2.24, 2.45) is 4.36 Å².